The van der Waals surface area contributed by atoms with Crippen molar-refractivity contribution < 1.29 is 18.7 Å². The summed E-state index contributed by atoms with van der Waals surface area (Å²) < 4.78 is 11.0. The average Bonchev–Trinajstić information content (AvgIpc) is 3.38. The molecule has 33 heavy (non-hydrogen) atoms. The molecule has 0 radical (unpaired) electrons. The van der Waals surface area contributed by atoms with E-state index in [0.717, 1.165) is 0 Å². The van der Waals surface area contributed by atoms with Crippen molar-refractivity contribution in [1.82, 2.24) is 0 Å². The van der Waals surface area contributed by atoms with Gasteiger partial charge in [0.15, 0.2) is 0 Å². The van der Waals surface area contributed by atoms with Gasteiger partial charge in [-0.1, -0.05) is 41.9 Å². The molecule has 0 saturated carbocycles. The summed E-state index contributed by atoms with van der Waals surface area (Å²) in [6, 6.07) is 15.3. The molecule has 2 heterocycles. The molecular formula is C25H18Cl2N2O4. The molecule has 0 spiro atoms. The van der Waals surface area contributed by atoms with Crippen LogP contribution in [0.1, 0.15) is 23.0 Å². The van der Waals surface area contributed by atoms with Crippen LogP contribution in [0.25, 0.3) is 17.4 Å². The summed E-state index contributed by atoms with van der Waals surface area (Å²) in [5.74, 6) is 0.121. The van der Waals surface area contributed by atoms with Gasteiger partial charge in [-0.15, -0.1) is 0 Å². The van der Waals surface area contributed by atoms with E-state index in [1.165, 1.54) is 11.1 Å². The number of hydrazone groups is 1. The number of esters is 1. The fraction of sp³-hybridized carbons (Fsp3) is 0.0800. The minimum absolute atomic E-state index is 0.0823. The molecule has 3 aromatic rings. The second kappa shape index (κ2) is 9.48. The van der Waals surface area contributed by atoms with Gasteiger partial charge in [0.2, 0.25) is 0 Å². The second-order valence-electron chi connectivity index (χ2n) is 7.12. The van der Waals surface area contributed by atoms with E-state index in [9.17, 15) is 9.59 Å². The van der Waals surface area contributed by atoms with E-state index in [2.05, 4.69) is 11.7 Å². The summed E-state index contributed by atoms with van der Waals surface area (Å²) >= 11 is 12.2. The van der Waals surface area contributed by atoms with Crippen molar-refractivity contribution in [2.75, 3.05) is 11.6 Å². The molecule has 166 valence electrons. The summed E-state index contributed by atoms with van der Waals surface area (Å²) in [4.78, 5) is 25.2. The highest BCUT2D eigenvalue weighted by Crippen LogP contribution is 2.30. The SMILES string of the molecule is C=CCOC(=O)c1cc(-c2ccc(C=C3C(=O)N(c4cccc(Cl)c4)N=C3C)o2)ccc1Cl. The highest BCUT2D eigenvalue weighted by molar-refractivity contribution is 6.34. The van der Waals surface area contributed by atoms with Crippen molar-refractivity contribution in [3.05, 3.63) is 94.2 Å². The number of hydrogen-bond acceptors (Lipinski definition) is 5. The average molecular weight is 481 g/mol. The molecule has 0 N–H and O–H groups in total. The van der Waals surface area contributed by atoms with E-state index in [0.29, 0.717) is 39.1 Å². The Morgan fingerprint density at radius 1 is 1.18 bits per heavy atom. The van der Waals surface area contributed by atoms with Crippen molar-refractivity contribution in [3.8, 4) is 11.3 Å². The molecule has 6 nitrogen and oxygen atoms in total. The Bertz CT molecular complexity index is 1320. The van der Waals surface area contributed by atoms with Gasteiger partial charge in [0, 0.05) is 10.6 Å². The van der Waals surface area contributed by atoms with Crippen LogP contribution in [-0.2, 0) is 9.53 Å². The fourth-order valence-corrected chi connectivity index (χ4v) is 3.62. The Labute approximate surface area is 200 Å². The van der Waals surface area contributed by atoms with E-state index < -0.39 is 5.97 Å². The molecule has 1 aromatic heterocycles. The molecule has 1 amide bonds. The quantitative estimate of drug-likeness (QED) is 0.232. The molecule has 0 atom stereocenters. The predicted octanol–water partition coefficient (Wildman–Crippen LogP) is 6.40. The van der Waals surface area contributed by atoms with Crippen LogP contribution in [0.15, 0.2) is 82.3 Å². The standard InChI is InChI=1S/C25H18Cl2N2O4/c1-3-11-32-25(31)21-12-16(7-9-22(21)27)23-10-8-19(33-23)14-20-15(2)28-29(24(20)30)18-6-4-5-17(26)13-18/h3-10,12-14H,1,11H2,2H3. The monoisotopic (exact) mass is 480 g/mol. The minimum Gasteiger partial charge on any atom is -0.458 e. The Kier molecular flexibility index (Phi) is 6.49. The maximum absolute atomic E-state index is 12.9. The van der Waals surface area contributed by atoms with Crippen molar-refractivity contribution in [3.63, 3.8) is 0 Å². The van der Waals surface area contributed by atoms with E-state index in [1.54, 1.807) is 67.6 Å². The number of furan rings is 1. The normalized spacial score (nSPS) is 14.5. The summed E-state index contributed by atoms with van der Waals surface area (Å²) in [5.41, 5.74) is 2.39. The third-order valence-electron chi connectivity index (χ3n) is 4.83. The van der Waals surface area contributed by atoms with Crippen molar-refractivity contribution >= 4 is 52.6 Å². The molecule has 2 aromatic carbocycles. The molecule has 4 rings (SSSR count). The number of anilines is 1. The lowest BCUT2D eigenvalue weighted by Crippen LogP contribution is -2.21. The van der Waals surface area contributed by atoms with Gasteiger partial charge < -0.3 is 9.15 Å². The van der Waals surface area contributed by atoms with Crippen molar-refractivity contribution in [2.45, 2.75) is 6.92 Å². The third-order valence-corrected chi connectivity index (χ3v) is 5.40. The van der Waals surface area contributed by atoms with Crippen LogP contribution < -0.4 is 5.01 Å². The number of nitrogens with zero attached hydrogens (tertiary/aromatic N) is 2. The zero-order chi connectivity index (χ0) is 23.5. The summed E-state index contributed by atoms with van der Waals surface area (Å²) in [7, 11) is 0. The molecule has 0 saturated heterocycles. The molecular weight excluding hydrogens is 463 g/mol. The van der Waals surface area contributed by atoms with E-state index in [4.69, 9.17) is 32.4 Å². The molecule has 0 aliphatic carbocycles. The summed E-state index contributed by atoms with van der Waals surface area (Å²) in [6.45, 7) is 5.35. The molecule has 1 aliphatic rings. The Morgan fingerprint density at radius 3 is 2.76 bits per heavy atom. The summed E-state index contributed by atoms with van der Waals surface area (Å²) in [5, 5.41) is 6.43. The van der Waals surface area contributed by atoms with Gasteiger partial charge in [0.25, 0.3) is 5.91 Å². The van der Waals surface area contributed by atoms with Crippen LogP contribution in [0.3, 0.4) is 0 Å². The van der Waals surface area contributed by atoms with E-state index in [-0.39, 0.29) is 23.1 Å². The number of hydrogen-bond donors (Lipinski definition) is 0. The van der Waals surface area contributed by atoms with E-state index >= 15 is 0 Å². The number of carbonyl (C=O) groups excluding carboxylic acids is 2. The lowest BCUT2D eigenvalue weighted by molar-refractivity contribution is -0.114. The van der Waals surface area contributed by atoms with Gasteiger partial charge in [0.05, 0.1) is 27.6 Å². The topological polar surface area (TPSA) is 72.1 Å². The lowest BCUT2D eigenvalue weighted by atomic mass is 10.1. The number of halogens is 2. The van der Waals surface area contributed by atoms with Gasteiger partial charge in [-0.2, -0.15) is 10.1 Å². The van der Waals surface area contributed by atoms with Gasteiger partial charge in [-0.05, 0) is 61.5 Å². The van der Waals surface area contributed by atoms with Gasteiger partial charge >= 0.3 is 5.97 Å². The zero-order valence-corrected chi connectivity index (χ0v) is 19.1. The Balaban J connectivity index is 1.59. The number of amides is 1. The fourth-order valence-electron chi connectivity index (χ4n) is 3.24. The first kappa shape index (κ1) is 22.6. The Hall–Kier alpha value is -3.61. The minimum atomic E-state index is -0.555. The molecule has 0 bridgehead atoms. The smallest absolute Gasteiger partial charge is 0.339 e. The largest absolute Gasteiger partial charge is 0.458 e. The highest BCUT2D eigenvalue weighted by Gasteiger charge is 2.29. The van der Waals surface area contributed by atoms with Gasteiger partial charge in [0.1, 0.15) is 18.1 Å². The van der Waals surface area contributed by atoms with Gasteiger partial charge in [-0.25, -0.2) is 4.79 Å². The number of rotatable bonds is 6. The Morgan fingerprint density at radius 2 is 2.00 bits per heavy atom. The molecule has 0 unspecified atom stereocenters. The van der Waals surface area contributed by atoms with Crippen LogP contribution in [0, 0.1) is 0 Å². The van der Waals surface area contributed by atoms with Crippen molar-refractivity contribution in [2.24, 2.45) is 5.10 Å². The maximum atomic E-state index is 12.9. The maximum Gasteiger partial charge on any atom is 0.339 e. The first-order valence-electron chi connectivity index (χ1n) is 9.92. The first-order chi connectivity index (χ1) is 15.9. The number of benzene rings is 2. The highest BCUT2D eigenvalue weighted by atomic mass is 35.5. The molecule has 0 fully saturated rings. The van der Waals surface area contributed by atoms with Crippen molar-refractivity contribution in [1.29, 1.82) is 0 Å². The summed E-state index contributed by atoms with van der Waals surface area (Å²) in [6.07, 6.45) is 3.11. The first-order valence-corrected chi connectivity index (χ1v) is 10.7. The van der Waals surface area contributed by atoms with Gasteiger partial charge in [-0.3, -0.25) is 4.79 Å². The van der Waals surface area contributed by atoms with Crippen LogP contribution in [-0.4, -0.2) is 24.2 Å². The zero-order valence-electron chi connectivity index (χ0n) is 17.5. The van der Waals surface area contributed by atoms with Crippen LogP contribution in [0.5, 0.6) is 0 Å². The third kappa shape index (κ3) is 4.77. The number of ether oxygens (including phenoxy) is 1. The van der Waals surface area contributed by atoms with Crippen LogP contribution in [0.2, 0.25) is 10.0 Å². The van der Waals surface area contributed by atoms with Crippen LogP contribution in [0.4, 0.5) is 5.69 Å². The van der Waals surface area contributed by atoms with Crippen LogP contribution >= 0.6 is 23.2 Å². The lowest BCUT2D eigenvalue weighted by Gasteiger charge is -2.11. The molecule has 8 heteroatoms. The molecule has 1 aliphatic heterocycles. The van der Waals surface area contributed by atoms with E-state index in [1.807, 2.05) is 0 Å². The number of carbonyl (C=O) groups is 2. The second-order valence-corrected chi connectivity index (χ2v) is 7.97. The predicted molar refractivity (Wildman–Crippen MR) is 130 cm³/mol.